The van der Waals surface area contributed by atoms with Crippen LogP contribution >= 0.6 is 0 Å². The van der Waals surface area contributed by atoms with Crippen molar-refractivity contribution >= 4 is 0 Å². The zero-order valence-electron chi connectivity index (χ0n) is 8.37. The molecule has 1 saturated heterocycles. The van der Waals surface area contributed by atoms with E-state index >= 15 is 0 Å². The topological polar surface area (TPSA) is 122 Å². The number of hydrogen-bond donors (Lipinski definition) is 6. The van der Waals surface area contributed by atoms with Gasteiger partial charge in [-0.25, -0.2) is 0 Å². The molecule has 0 amide bonds. The van der Waals surface area contributed by atoms with Crippen molar-refractivity contribution in [3.8, 4) is 0 Å². The monoisotopic (exact) mass is 223 g/mol. The van der Waals surface area contributed by atoms with Crippen molar-refractivity contribution in [3.05, 3.63) is 0 Å². The molecule has 0 saturated carbocycles. The van der Waals surface area contributed by atoms with E-state index < -0.39 is 30.3 Å². The lowest BCUT2D eigenvalue weighted by Crippen LogP contribution is -2.64. The van der Waals surface area contributed by atoms with E-state index in [0.29, 0.717) is 0 Å². The van der Waals surface area contributed by atoms with E-state index in [-0.39, 0.29) is 13.2 Å². The Bertz CT molecular complexity index is 213. The summed E-state index contributed by atoms with van der Waals surface area (Å²) in [5.41, 5.74) is 0. The van der Waals surface area contributed by atoms with E-state index in [9.17, 15) is 15.3 Å². The fourth-order valence-electron chi connectivity index (χ4n) is 1.34. The second-order valence-electron chi connectivity index (χ2n) is 3.72. The maximum atomic E-state index is 9.76. The fourth-order valence-corrected chi connectivity index (χ4v) is 1.34. The summed E-state index contributed by atoms with van der Waals surface area (Å²) in [6, 6.07) is 0. The molecular weight excluding hydrogens is 206 g/mol. The van der Waals surface area contributed by atoms with Crippen LogP contribution in [0.3, 0.4) is 0 Å². The van der Waals surface area contributed by atoms with Crippen LogP contribution in [0.25, 0.3) is 0 Å². The van der Waals surface area contributed by atoms with Gasteiger partial charge in [-0.2, -0.15) is 0 Å². The maximum absolute atomic E-state index is 9.76. The molecule has 6 N–H and O–H groups in total. The SMILES string of the molecule is CC(O)NC[C@@]1(O)OC[C@H](O)[C@@H](O)[C@@H]1O. The number of hydrogen-bond acceptors (Lipinski definition) is 7. The molecule has 0 radical (unpaired) electrons. The van der Waals surface area contributed by atoms with Gasteiger partial charge in [0.15, 0.2) is 0 Å². The second kappa shape index (κ2) is 4.71. The predicted octanol–water partition coefficient (Wildman–Crippen LogP) is -3.28. The predicted molar refractivity (Wildman–Crippen MR) is 48.6 cm³/mol. The summed E-state index contributed by atoms with van der Waals surface area (Å²) in [7, 11) is 0. The van der Waals surface area contributed by atoms with Crippen molar-refractivity contribution in [2.45, 2.75) is 37.3 Å². The van der Waals surface area contributed by atoms with Gasteiger partial charge in [-0.15, -0.1) is 0 Å². The Hall–Kier alpha value is -0.280. The maximum Gasteiger partial charge on any atom is 0.207 e. The molecule has 0 aliphatic carbocycles. The van der Waals surface area contributed by atoms with E-state index in [1.165, 1.54) is 6.92 Å². The quantitative estimate of drug-likeness (QED) is 0.277. The minimum Gasteiger partial charge on any atom is -0.388 e. The number of aliphatic hydroxyl groups excluding tert-OH is 4. The molecule has 1 aliphatic heterocycles. The zero-order chi connectivity index (χ0) is 11.6. The van der Waals surface area contributed by atoms with E-state index in [2.05, 4.69) is 5.32 Å². The molecule has 90 valence electrons. The Morgan fingerprint density at radius 1 is 1.47 bits per heavy atom. The standard InChI is InChI=1S/C8H17NO6/c1-4(10)9-3-8(14)7(13)6(12)5(11)2-15-8/h4-7,9-14H,2-3H2,1H3/t4?,5-,6+,7-,8+/m0/s1. The average Bonchev–Trinajstić information content (AvgIpc) is 2.19. The van der Waals surface area contributed by atoms with Crippen molar-refractivity contribution < 1.29 is 30.3 Å². The van der Waals surface area contributed by atoms with Crippen LogP contribution in [0.5, 0.6) is 0 Å². The van der Waals surface area contributed by atoms with Gasteiger partial charge in [0, 0.05) is 0 Å². The highest BCUT2D eigenvalue weighted by Crippen LogP contribution is 2.23. The largest absolute Gasteiger partial charge is 0.388 e. The molecule has 7 heteroatoms. The van der Waals surface area contributed by atoms with Gasteiger partial charge in [-0.1, -0.05) is 0 Å². The lowest BCUT2D eigenvalue weighted by Gasteiger charge is -2.41. The third-order valence-electron chi connectivity index (χ3n) is 2.33. The Balaban J connectivity index is 2.59. The first-order chi connectivity index (χ1) is 6.87. The lowest BCUT2D eigenvalue weighted by atomic mass is 9.97. The second-order valence-corrected chi connectivity index (χ2v) is 3.72. The highest BCUT2D eigenvalue weighted by molar-refractivity contribution is 4.92. The molecule has 0 aromatic heterocycles. The van der Waals surface area contributed by atoms with Gasteiger partial charge in [-0.05, 0) is 6.92 Å². The van der Waals surface area contributed by atoms with Gasteiger partial charge in [0.25, 0.3) is 0 Å². The van der Waals surface area contributed by atoms with Crippen LogP contribution in [-0.4, -0.2) is 69.0 Å². The van der Waals surface area contributed by atoms with E-state index in [4.69, 9.17) is 14.9 Å². The third kappa shape index (κ3) is 2.85. The van der Waals surface area contributed by atoms with Gasteiger partial charge >= 0.3 is 0 Å². The Kier molecular flexibility index (Phi) is 4.01. The molecule has 15 heavy (non-hydrogen) atoms. The van der Waals surface area contributed by atoms with Crippen LogP contribution in [-0.2, 0) is 4.74 Å². The number of nitrogens with one attached hydrogen (secondary N) is 1. The number of ether oxygens (including phenoxy) is 1. The van der Waals surface area contributed by atoms with Crippen LogP contribution in [0.15, 0.2) is 0 Å². The molecule has 1 rings (SSSR count). The van der Waals surface area contributed by atoms with E-state index in [1.54, 1.807) is 0 Å². The van der Waals surface area contributed by atoms with Gasteiger partial charge in [0.05, 0.1) is 13.2 Å². The zero-order valence-corrected chi connectivity index (χ0v) is 8.37. The summed E-state index contributed by atoms with van der Waals surface area (Å²) in [4.78, 5) is 0. The highest BCUT2D eigenvalue weighted by atomic mass is 16.6. The minimum absolute atomic E-state index is 0.254. The summed E-state index contributed by atoms with van der Waals surface area (Å²) < 4.78 is 4.83. The molecular formula is C8H17NO6. The summed E-state index contributed by atoms with van der Waals surface area (Å²) >= 11 is 0. The smallest absolute Gasteiger partial charge is 0.207 e. The van der Waals surface area contributed by atoms with Gasteiger partial charge < -0.3 is 30.3 Å². The minimum atomic E-state index is -2.00. The van der Waals surface area contributed by atoms with E-state index in [0.717, 1.165) is 0 Å². The van der Waals surface area contributed by atoms with Crippen molar-refractivity contribution in [3.63, 3.8) is 0 Å². The summed E-state index contributed by atoms with van der Waals surface area (Å²) in [5, 5.41) is 49.1. The van der Waals surface area contributed by atoms with Gasteiger partial charge in [0.1, 0.15) is 24.5 Å². The molecule has 1 heterocycles. The first-order valence-electron chi connectivity index (χ1n) is 4.69. The molecule has 1 fully saturated rings. The van der Waals surface area contributed by atoms with Gasteiger partial charge in [-0.3, -0.25) is 5.32 Å². The Morgan fingerprint density at radius 3 is 2.60 bits per heavy atom. The van der Waals surface area contributed by atoms with Crippen LogP contribution < -0.4 is 5.32 Å². The average molecular weight is 223 g/mol. The first-order valence-corrected chi connectivity index (χ1v) is 4.69. The summed E-state index contributed by atoms with van der Waals surface area (Å²) in [6.07, 6.45) is -5.22. The van der Waals surface area contributed by atoms with Crippen molar-refractivity contribution in [2.75, 3.05) is 13.2 Å². The summed E-state index contributed by atoms with van der Waals surface area (Å²) in [5.74, 6) is -2.00. The van der Waals surface area contributed by atoms with Crippen molar-refractivity contribution in [1.29, 1.82) is 0 Å². The molecule has 7 nitrogen and oxygen atoms in total. The first kappa shape index (κ1) is 12.8. The van der Waals surface area contributed by atoms with Crippen LogP contribution in [0.1, 0.15) is 6.92 Å². The normalized spacial score (nSPS) is 44.0. The molecule has 0 aromatic rings. The van der Waals surface area contributed by atoms with Crippen molar-refractivity contribution in [1.82, 2.24) is 5.32 Å². The lowest BCUT2D eigenvalue weighted by molar-refractivity contribution is -0.319. The highest BCUT2D eigenvalue weighted by Gasteiger charge is 2.48. The molecule has 0 bridgehead atoms. The Morgan fingerprint density at radius 2 is 2.07 bits per heavy atom. The third-order valence-corrected chi connectivity index (χ3v) is 2.33. The van der Waals surface area contributed by atoms with Crippen molar-refractivity contribution in [2.24, 2.45) is 0 Å². The van der Waals surface area contributed by atoms with E-state index in [1.807, 2.05) is 0 Å². The molecule has 5 atom stereocenters. The van der Waals surface area contributed by atoms with Crippen LogP contribution in [0.4, 0.5) is 0 Å². The number of rotatable bonds is 3. The van der Waals surface area contributed by atoms with Crippen LogP contribution in [0.2, 0.25) is 0 Å². The van der Waals surface area contributed by atoms with Crippen LogP contribution in [0, 0.1) is 0 Å². The summed E-state index contributed by atoms with van der Waals surface area (Å²) in [6.45, 7) is 0.898. The Labute approximate surface area is 86.9 Å². The molecule has 0 aromatic carbocycles. The molecule has 0 spiro atoms. The fraction of sp³-hybridized carbons (Fsp3) is 1.00. The molecule has 1 aliphatic rings. The molecule has 1 unspecified atom stereocenters. The number of aliphatic hydroxyl groups is 5. The van der Waals surface area contributed by atoms with Gasteiger partial charge in [0.2, 0.25) is 5.79 Å².